The highest BCUT2D eigenvalue weighted by molar-refractivity contribution is 5.78. The van der Waals surface area contributed by atoms with Crippen LogP contribution in [0.5, 0.6) is 11.5 Å². The number of nitrogens with two attached hydrogens (primary N) is 1. The largest absolute Gasteiger partial charge is 0.486 e. The minimum Gasteiger partial charge on any atom is -0.486 e. The van der Waals surface area contributed by atoms with Gasteiger partial charge in [-0.3, -0.25) is 4.79 Å². The zero-order chi connectivity index (χ0) is 13.0. The van der Waals surface area contributed by atoms with Gasteiger partial charge in [0.15, 0.2) is 11.5 Å². The van der Waals surface area contributed by atoms with Gasteiger partial charge in [0.05, 0.1) is 6.54 Å². The zero-order valence-electron chi connectivity index (χ0n) is 10.4. The Bertz CT molecular complexity index is 422. The van der Waals surface area contributed by atoms with Crippen molar-refractivity contribution in [1.82, 2.24) is 5.32 Å². The molecule has 18 heavy (non-hydrogen) atoms. The van der Waals surface area contributed by atoms with Crippen molar-refractivity contribution < 1.29 is 14.3 Å². The Morgan fingerprint density at radius 2 is 2.22 bits per heavy atom. The number of ether oxygens (including phenoxy) is 2. The second-order valence-electron chi connectivity index (χ2n) is 4.38. The lowest BCUT2D eigenvalue weighted by Gasteiger charge is -2.26. The minimum atomic E-state index is -0.179. The maximum absolute atomic E-state index is 11.6. The van der Waals surface area contributed by atoms with E-state index in [1.807, 2.05) is 24.3 Å². The van der Waals surface area contributed by atoms with Crippen molar-refractivity contribution in [3.05, 3.63) is 24.3 Å². The first-order chi connectivity index (χ1) is 8.70. The average Bonchev–Trinajstić information content (AvgIpc) is 2.43. The summed E-state index contributed by atoms with van der Waals surface area (Å²) in [7, 11) is 0. The second kappa shape index (κ2) is 5.73. The molecule has 1 heterocycles. The quantitative estimate of drug-likeness (QED) is 0.818. The molecule has 5 heteroatoms. The molecule has 1 aliphatic rings. The van der Waals surface area contributed by atoms with E-state index in [9.17, 15) is 4.79 Å². The molecular formula is C13H18N2O3. The van der Waals surface area contributed by atoms with Gasteiger partial charge in [0.25, 0.3) is 0 Å². The lowest BCUT2D eigenvalue weighted by molar-refractivity contribution is -0.124. The Labute approximate surface area is 106 Å². The molecule has 2 rings (SSSR count). The van der Waals surface area contributed by atoms with Crippen LogP contribution in [0.1, 0.15) is 6.92 Å². The van der Waals surface area contributed by atoms with Crippen LogP contribution in [0.15, 0.2) is 24.3 Å². The summed E-state index contributed by atoms with van der Waals surface area (Å²) in [6.07, 6.45) is -0.158. The summed E-state index contributed by atoms with van der Waals surface area (Å²) in [4.78, 5) is 11.6. The van der Waals surface area contributed by atoms with Crippen LogP contribution >= 0.6 is 0 Å². The average molecular weight is 250 g/mol. The van der Waals surface area contributed by atoms with Gasteiger partial charge in [0.1, 0.15) is 12.7 Å². The number of para-hydroxylation sites is 2. The number of rotatable bonds is 4. The molecule has 98 valence electrons. The van der Waals surface area contributed by atoms with E-state index < -0.39 is 0 Å². The third-order valence-corrected chi connectivity index (χ3v) is 2.87. The molecule has 0 aromatic heterocycles. The van der Waals surface area contributed by atoms with Crippen molar-refractivity contribution in [3.8, 4) is 11.5 Å². The highest BCUT2D eigenvalue weighted by Gasteiger charge is 2.21. The molecule has 2 unspecified atom stereocenters. The standard InChI is InChI=1S/C13H18N2O3/c1-9(6-14)13(16)15-7-10-8-17-11-4-2-3-5-12(11)18-10/h2-5,9-10H,6-8,14H2,1H3,(H,15,16). The Morgan fingerprint density at radius 1 is 1.50 bits per heavy atom. The third-order valence-electron chi connectivity index (χ3n) is 2.87. The van der Waals surface area contributed by atoms with Gasteiger partial charge in [-0.2, -0.15) is 0 Å². The Hall–Kier alpha value is -1.75. The lowest BCUT2D eigenvalue weighted by atomic mass is 10.1. The van der Waals surface area contributed by atoms with E-state index in [0.29, 0.717) is 19.7 Å². The van der Waals surface area contributed by atoms with Gasteiger partial charge in [0.2, 0.25) is 5.91 Å². The Morgan fingerprint density at radius 3 is 2.94 bits per heavy atom. The fourth-order valence-electron chi connectivity index (χ4n) is 1.66. The van der Waals surface area contributed by atoms with E-state index in [1.165, 1.54) is 0 Å². The number of hydrogen-bond donors (Lipinski definition) is 2. The van der Waals surface area contributed by atoms with Crippen molar-refractivity contribution in [2.75, 3.05) is 19.7 Å². The predicted molar refractivity (Wildman–Crippen MR) is 67.6 cm³/mol. The second-order valence-corrected chi connectivity index (χ2v) is 4.38. The smallest absolute Gasteiger partial charge is 0.224 e. The summed E-state index contributed by atoms with van der Waals surface area (Å²) >= 11 is 0. The van der Waals surface area contributed by atoms with Crippen LogP contribution in [0, 0.1) is 5.92 Å². The van der Waals surface area contributed by atoms with E-state index in [1.54, 1.807) is 6.92 Å². The summed E-state index contributed by atoms with van der Waals surface area (Å²) in [6, 6.07) is 7.50. The van der Waals surface area contributed by atoms with Crippen LogP contribution in [0.3, 0.4) is 0 Å². The molecule has 0 bridgehead atoms. The summed E-state index contributed by atoms with van der Waals surface area (Å²) in [5.41, 5.74) is 5.43. The van der Waals surface area contributed by atoms with E-state index in [4.69, 9.17) is 15.2 Å². The summed E-state index contributed by atoms with van der Waals surface area (Å²) in [6.45, 7) is 3.01. The van der Waals surface area contributed by atoms with Gasteiger partial charge >= 0.3 is 0 Å². The van der Waals surface area contributed by atoms with Crippen molar-refractivity contribution in [2.24, 2.45) is 11.7 Å². The monoisotopic (exact) mass is 250 g/mol. The molecule has 3 N–H and O–H groups in total. The lowest BCUT2D eigenvalue weighted by Crippen LogP contribution is -2.43. The number of nitrogens with one attached hydrogen (secondary N) is 1. The van der Waals surface area contributed by atoms with E-state index in [-0.39, 0.29) is 17.9 Å². The third kappa shape index (κ3) is 2.92. The van der Waals surface area contributed by atoms with Crippen molar-refractivity contribution in [1.29, 1.82) is 0 Å². The van der Waals surface area contributed by atoms with Crippen molar-refractivity contribution in [2.45, 2.75) is 13.0 Å². The molecule has 1 aromatic carbocycles. The van der Waals surface area contributed by atoms with Gasteiger partial charge < -0.3 is 20.5 Å². The summed E-state index contributed by atoms with van der Waals surface area (Å²) in [5.74, 6) is 1.23. The highest BCUT2D eigenvalue weighted by Crippen LogP contribution is 2.30. The molecule has 0 saturated carbocycles. The minimum absolute atomic E-state index is 0.0556. The van der Waals surface area contributed by atoms with Crippen LogP contribution in [-0.2, 0) is 4.79 Å². The SMILES string of the molecule is CC(CN)C(=O)NCC1COc2ccccc2O1. The highest BCUT2D eigenvalue weighted by atomic mass is 16.6. The van der Waals surface area contributed by atoms with E-state index in [2.05, 4.69) is 5.32 Å². The fraction of sp³-hybridized carbons (Fsp3) is 0.462. The molecule has 0 saturated heterocycles. The molecule has 0 fully saturated rings. The van der Waals surface area contributed by atoms with Gasteiger partial charge in [-0.25, -0.2) is 0 Å². The molecule has 1 aromatic rings. The Balaban J connectivity index is 1.85. The Kier molecular flexibility index (Phi) is 4.04. The van der Waals surface area contributed by atoms with Gasteiger partial charge in [-0.15, -0.1) is 0 Å². The van der Waals surface area contributed by atoms with Gasteiger partial charge in [-0.1, -0.05) is 19.1 Å². The first-order valence-corrected chi connectivity index (χ1v) is 6.07. The topological polar surface area (TPSA) is 73.6 Å². The first-order valence-electron chi connectivity index (χ1n) is 6.07. The molecular weight excluding hydrogens is 232 g/mol. The van der Waals surface area contributed by atoms with E-state index in [0.717, 1.165) is 11.5 Å². The molecule has 0 aliphatic carbocycles. The van der Waals surface area contributed by atoms with Crippen molar-refractivity contribution >= 4 is 5.91 Å². The fourth-order valence-corrected chi connectivity index (χ4v) is 1.66. The number of benzene rings is 1. The molecule has 1 amide bonds. The number of carbonyl (C=O) groups excluding carboxylic acids is 1. The maximum Gasteiger partial charge on any atom is 0.224 e. The van der Waals surface area contributed by atoms with Crippen LogP contribution in [0.4, 0.5) is 0 Å². The van der Waals surface area contributed by atoms with Crippen LogP contribution in [0.25, 0.3) is 0 Å². The molecule has 0 spiro atoms. The molecule has 1 aliphatic heterocycles. The first kappa shape index (κ1) is 12.7. The molecule has 0 radical (unpaired) electrons. The number of carbonyl (C=O) groups is 1. The van der Waals surface area contributed by atoms with Crippen LogP contribution in [-0.4, -0.2) is 31.7 Å². The van der Waals surface area contributed by atoms with Gasteiger partial charge in [-0.05, 0) is 12.1 Å². The number of hydrogen-bond acceptors (Lipinski definition) is 4. The number of fused-ring (bicyclic) bond motifs is 1. The maximum atomic E-state index is 11.6. The van der Waals surface area contributed by atoms with E-state index >= 15 is 0 Å². The molecule has 5 nitrogen and oxygen atoms in total. The predicted octanol–water partition coefficient (Wildman–Crippen LogP) is 0.537. The number of amides is 1. The molecule has 2 atom stereocenters. The van der Waals surface area contributed by atoms with Crippen LogP contribution < -0.4 is 20.5 Å². The van der Waals surface area contributed by atoms with Crippen molar-refractivity contribution in [3.63, 3.8) is 0 Å². The normalized spacial score (nSPS) is 19.1. The summed E-state index contributed by atoms with van der Waals surface area (Å²) in [5, 5.41) is 2.81. The van der Waals surface area contributed by atoms with Gasteiger partial charge in [0, 0.05) is 12.5 Å². The zero-order valence-corrected chi connectivity index (χ0v) is 10.4. The summed E-state index contributed by atoms with van der Waals surface area (Å²) < 4.78 is 11.3. The van der Waals surface area contributed by atoms with Crippen LogP contribution in [0.2, 0.25) is 0 Å².